The van der Waals surface area contributed by atoms with Crippen molar-refractivity contribution in [3.63, 3.8) is 0 Å². The number of benzene rings is 2. The van der Waals surface area contributed by atoms with E-state index in [9.17, 15) is 9.59 Å². The van der Waals surface area contributed by atoms with Crippen molar-refractivity contribution >= 4 is 29.1 Å². The maximum Gasteiger partial charge on any atom is 0.255 e. The lowest BCUT2D eigenvalue weighted by Gasteiger charge is -2.12. The molecule has 0 bridgehead atoms. The van der Waals surface area contributed by atoms with Gasteiger partial charge in [0.1, 0.15) is 0 Å². The molecule has 0 radical (unpaired) electrons. The van der Waals surface area contributed by atoms with E-state index >= 15 is 0 Å². The number of amides is 2. The van der Waals surface area contributed by atoms with Gasteiger partial charge in [-0.3, -0.25) is 9.59 Å². The molecule has 1 heterocycles. The third-order valence-electron chi connectivity index (χ3n) is 3.46. The van der Waals surface area contributed by atoms with Crippen LogP contribution in [0, 0.1) is 0 Å². The van der Waals surface area contributed by atoms with Gasteiger partial charge in [-0.2, -0.15) is 0 Å². The summed E-state index contributed by atoms with van der Waals surface area (Å²) in [7, 11) is 3.34. The highest BCUT2D eigenvalue weighted by molar-refractivity contribution is 6.32. The van der Waals surface area contributed by atoms with Crippen molar-refractivity contribution in [2.24, 2.45) is 0 Å². The molecule has 0 aliphatic carbocycles. The predicted octanol–water partition coefficient (Wildman–Crippen LogP) is 3.02. The first kappa shape index (κ1) is 16.1. The summed E-state index contributed by atoms with van der Waals surface area (Å²) in [5.74, 6) is 0.373. The van der Waals surface area contributed by atoms with Crippen LogP contribution in [0.25, 0.3) is 0 Å². The van der Waals surface area contributed by atoms with Crippen LogP contribution in [0.2, 0.25) is 5.02 Å². The highest BCUT2D eigenvalue weighted by atomic mass is 35.5. The summed E-state index contributed by atoms with van der Waals surface area (Å²) in [6, 6.07) is 9.81. The molecule has 7 heteroatoms. The fourth-order valence-electron chi connectivity index (χ4n) is 2.29. The standard InChI is InChI=1S/C17H15ClN2O4/c1-20(2)17(22)10-4-3-5-12(6-10)19-16(21)11-7-13(18)15-14(8-11)23-9-24-15/h3-8H,9H2,1-2H3,(H,19,21). The van der Waals surface area contributed by atoms with E-state index in [0.29, 0.717) is 33.3 Å². The summed E-state index contributed by atoms with van der Waals surface area (Å²) >= 11 is 6.09. The van der Waals surface area contributed by atoms with Crippen molar-refractivity contribution in [1.82, 2.24) is 4.90 Å². The number of hydrogen-bond acceptors (Lipinski definition) is 4. The topological polar surface area (TPSA) is 67.9 Å². The monoisotopic (exact) mass is 346 g/mol. The van der Waals surface area contributed by atoms with Crippen LogP contribution in [0.15, 0.2) is 36.4 Å². The molecule has 1 aliphatic rings. The molecule has 0 saturated heterocycles. The van der Waals surface area contributed by atoms with E-state index in [0.717, 1.165) is 0 Å². The molecular formula is C17H15ClN2O4. The van der Waals surface area contributed by atoms with Gasteiger partial charge in [-0.05, 0) is 30.3 Å². The summed E-state index contributed by atoms with van der Waals surface area (Å²) in [5.41, 5.74) is 1.34. The molecule has 0 atom stereocenters. The number of fused-ring (bicyclic) bond motifs is 1. The Morgan fingerprint density at radius 2 is 1.92 bits per heavy atom. The normalized spacial score (nSPS) is 12.0. The van der Waals surface area contributed by atoms with E-state index in [1.165, 1.54) is 11.0 Å². The van der Waals surface area contributed by atoms with Crippen molar-refractivity contribution in [2.75, 3.05) is 26.2 Å². The smallest absolute Gasteiger partial charge is 0.255 e. The highest BCUT2D eigenvalue weighted by Crippen LogP contribution is 2.39. The number of anilines is 1. The molecule has 2 amide bonds. The minimum absolute atomic E-state index is 0.0782. The maximum atomic E-state index is 12.4. The summed E-state index contributed by atoms with van der Waals surface area (Å²) < 4.78 is 10.5. The molecule has 0 fully saturated rings. The molecule has 6 nitrogen and oxygen atoms in total. The predicted molar refractivity (Wildman–Crippen MR) is 90.0 cm³/mol. The Bertz CT molecular complexity index is 820. The number of nitrogens with one attached hydrogen (secondary N) is 1. The molecule has 124 valence electrons. The van der Waals surface area contributed by atoms with Crippen molar-refractivity contribution in [2.45, 2.75) is 0 Å². The lowest BCUT2D eigenvalue weighted by Crippen LogP contribution is -2.22. The highest BCUT2D eigenvalue weighted by Gasteiger charge is 2.21. The molecule has 0 unspecified atom stereocenters. The third kappa shape index (κ3) is 3.14. The fourth-order valence-corrected chi connectivity index (χ4v) is 2.56. The molecule has 2 aromatic rings. The molecule has 2 aromatic carbocycles. The number of ether oxygens (including phenoxy) is 2. The van der Waals surface area contributed by atoms with Gasteiger partial charge in [0.15, 0.2) is 11.5 Å². The van der Waals surface area contributed by atoms with Crippen molar-refractivity contribution in [3.8, 4) is 11.5 Å². The van der Waals surface area contributed by atoms with Crippen molar-refractivity contribution in [3.05, 3.63) is 52.5 Å². The van der Waals surface area contributed by atoms with Gasteiger partial charge in [-0.1, -0.05) is 17.7 Å². The van der Waals surface area contributed by atoms with Crippen molar-refractivity contribution in [1.29, 1.82) is 0 Å². The van der Waals surface area contributed by atoms with Gasteiger partial charge in [-0.25, -0.2) is 0 Å². The summed E-state index contributed by atoms with van der Waals surface area (Å²) in [6.45, 7) is 0.0782. The first-order valence-electron chi connectivity index (χ1n) is 7.18. The van der Waals surface area contributed by atoms with Crippen LogP contribution in [-0.2, 0) is 0 Å². The second kappa shape index (κ2) is 6.41. The largest absolute Gasteiger partial charge is 0.454 e. The van der Waals surface area contributed by atoms with E-state index in [2.05, 4.69) is 5.32 Å². The van der Waals surface area contributed by atoms with E-state index in [1.807, 2.05) is 0 Å². The van der Waals surface area contributed by atoms with Crippen LogP contribution in [-0.4, -0.2) is 37.6 Å². The van der Waals surface area contributed by atoms with E-state index in [4.69, 9.17) is 21.1 Å². The van der Waals surface area contributed by atoms with Crippen LogP contribution in [0.5, 0.6) is 11.5 Å². The molecule has 3 rings (SSSR count). The van der Waals surface area contributed by atoms with E-state index in [-0.39, 0.29) is 18.6 Å². The Hall–Kier alpha value is -2.73. The minimum Gasteiger partial charge on any atom is -0.454 e. The fraction of sp³-hybridized carbons (Fsp3) is 0.176. The molecule has 0 spiro atoms. The molecule has 0 saturated carbocycles. The first-order valence-corrected chi connectivity index (χ1v) is 7.55. The summed E-state index contributed by atoms with van der Waals surface area (Å²) in [4.78, 5) is 25.9. The molecular weight excluding hydrogens is 332 g/mol. The zero-order chi connectivity index (χ0) is 17.3. The Morgan fingerprint density at radius 3 is 2.67 bits per heavy atom. The van der Waals surface area contributed by atoms with E-state index in [1.54, 1.807) is 44.4 Å². The number of carbonyl (C=O) groups is 2. The number of nitrogens with zero attached hydrogens (tertiary/aromatic N) is 1. The maximum absolute atomic E-state index is 12.4. The second-order valence-corrected chi connectivity index (χ2v) is 5.83. The first-order chi connectivity index (χ1) is 11.5. The van der Waals surface area contributed by atoms with Crippen LogP contribution in [0.3, 0.4) is 0 Å². The Balaban J connectivity index is 1.82. The Labute approximate surface area is 143 Å². The van der Waals surface area contributed by atoms with E-state index < -0.39 is 0 Å². The lowest BCUT2D eigenvalue weighted by molar-refractivity contribution is 0.0827. The number of hydrogen-bond donors (Lipinski definition) is 1. The van der Waals surface area contributed by atoms with Gasteiger partial charge < -0.3 is 19.7 Å². The summed E-state index contributed by atoms with van der Waals surface area (Å²) in [5, 5.41) is 3.06. The summed E-state index contributed by atoms with van der Waals surface area (Å²) in [6.07, 6.45) is 0. The quantitative estimate of drug-likeness (QED) is 0.927. The Kier molecular flexibility index (Phi) is 4.31. The SMILES string of the molecule is CN(C)C(=O)c1cccc(NC(=O)c2cc(Cl)c3c(c2)OCO3)c1. The molecule has 24 heavy (non-hydrogen) atoms. The van der Waals surface area contributed by atoms with Gasteiger partial charge in [0.25, 0.3) is 11.8 Å². The number of rotatable bonds is 3. The van der Waals surface area contributed by atoms with Gasteiger partial charge in [0, 0.05) is 30.9 Å². The van der Waals surface area contributed by atoms with Crippen molar-refractivity contribution < 1.29 is 19.1 Å². The Morgan fingerprint density at radius 1 is 1.12 bits per heavy atom. The van der Waals surface area contributed by atoms with Crippen LogP contribution in [0.4, 0.5) is 5.69 Å². The average Bonchev–Trinajstić information content (AvgIpc) is 3.03. The molecule has 1 aliphatic heterocycles. The van der Waals surface area contributed by atoms with Gasteiger partial charge in [0.05, 0.1) is 5.02 Å². The number of halogens is 1. The third-order valence-corrected chi connectivity index (χ3v) is 3.74. The second-order valence-electron chi connectivity index (χ2n) is 5.43. The molecule has 0 aromatic heterocycles. The zero-order valence-electron chi connectivity index (χ0n) is 13.1. The van der Waals surface area contributed by atoms with Gasteiger partial charge in [0.2, 0.25) is 6.79 Å². The average molecular weight is 347 g/mol. The zero-order valence-corrected chi connectivity index (χ0v) is 13.9. The lowest BCUT2D eigenvalue weighted by atomic mass is 10.1. The van der Waals surface area contributed by atoms with Crippen LogP contribution < -0.4 is 14.8 Å². The molecule has 1 N–H and O–H groups in total. The van der Waals surface area contributed by atoms with Crippen LogP contribution in [0.1, 0.15) is 20.7 Å². The van der Waals surface area contributed by atoms with Gasteiger partial charge in [-0.15, -0.1) is 0 Å². The van der Waals surface area contributed by atoms with Crippen LogP contribution >= 0.6 is 11.6 Å². The minimum atomic E-state index is -0.357. The van der Waals surface area contributed by atoms with Gasteiger partial charge >= 0.3 is 0 Å². The number of carbonyl (C=O) groups excluding carboxylic acids is 2.